The molecule has 28 heavy (non-hydrogen) atoms. The first-order chi connectivity index (χ1) is 13.1. The molecule has 0 aliphatic carbocycles. The molecule has 0 radical (unpaired) electrons. The largest absolute Gasteiger partial charge is 0.457 e. The van der Waals surface area contributed by atoms with E-state index in [1.807, 2.05) is 6.07 Å². The average molecular weight is 397 g/mol. The monoisotopic (exact) mass is 397 g/mol. The highest BCUT2D eigenvalue weighted by Crippen LogP contribution is 2.29. The van der Waals surface area contributed by atoms with Crippen molar-refractivity contribution in [3.05, 3.63) is 58.9 Å². The van der Waals surface area contributed by atoms with Gasteiger partial charge in [-0.05, 0) is 55.0 Å². The zero-order valence-corrected chi connectivity index (χ0v) is 15.8. The Kier molecular flexibility index (Phi) is 4.77. The number of furan rings is 1. The van der Waals surface area contributed by atoms with Crippen molar-refractivity contribution in [2.24, 2.45) is 5.14 Å². The fraction of sp³-hybridized carbons (Fsp3) is 0.105. The third kappa shape index (κ3) is 3.38. The molecule has 8 nitrogen and oxygen atoms in total. The average Bonchev–Trinajstić information content (AvgIpc) is 3.12. The maximum atomic E-state index is 12.4. The van der Waals surface area contributed by atoms with Crippen LogP contribution in [0.25, 0.3) is 17.4 Å². The number of nitriles is 1. The maximum Gasteiger partial charge on any atom is 0.271 e. The predicted molar refractivity (Wildman–Crippen MR) is 99.6 cm³/mol. The first-order valence-electron chi connectivity index (χ1n) is 8.02. The number of nitrogens with zero attached hydrogens (tertiary/aromatic N) is 2. The van der Waals surface area contributed by atoms with Gasteiger partial charge in [0, 0.05) is 18.2 Å². The van der Waals surface area contributed by atoms with Crippen LogP contribution >= 0.6 is 0 Å². The minimum Gasteiger partial charge on any atom is -0.457 e. The van der Waals surface area contributed by atoms with Crippen LogP contribution < -0.4 is 5.14 Å². The Balaban J connectivity index is 1.98. The van der Waals surface area contributed by atoms with E-state index in [4.69, 9.17) is 9.56 Å². The summed E-state index contributed by atoms with van der Waals surface area (Å²) in [6.45, 7) is 1.53. The Bertz CT molecular complexity index is 1190. The molecule has 142 valence electrons. The molecule has 1 aromatic carbocycles. The number of likely N-dealkylation sites (N-methyl/N-ethyl adjacent to an activating group) is 1. The first-order valence-corrected chi connectivity index (χ1v) is 9.56. The minimum absolute atomic E-state index is 0.0181. The van der Waals surface area contributed by atoms with Crippen LogP contribution in [0.5, 0.6) is 0 Å². The lowest BCUT2D eigenvalue weighted by Gasteiger charge is -2.23. The molecular weight excluding hydrogens is 382 g/mol. The predicted octanol–water partition coefficient (Wildman–Crippen LogP) is 1.82. The number of carbonyl (C=O) groups is 2. The van der Waals surface area contributed by atoms with Gasteiger partial charge in [-0.15, -0.1) is 0 Å². The number of primary sulfonamides is 1. The molecule has 9 heteroatoms. The Morgan fingerprint density at radius 3 is 2.32 bits per heavy atom. The topological polar surface area (TPSA) is 134 Å². The van der Waals surface area contributed by atoms with Gasteiger partial charge in [0.1, 0.15) is 23.2 Å². The van der Waals surface area contributed by atoms with Crippen molar-refractivity contribution in [3.8, 4) is 17.4 Å². The number of hydrogen-bond donors (Lipinski definition) is 1. The van der Waals surface area contributed by atoms with Crippen LogP contribution in [0.1, 0.15) is 12.7 Å². The number of rotatable bonds is 3. The zero-order valence-electron chi connectivity index (χ0n) is 15.0. The molecule has 1 aliphatic rings. The standard InChI is InChI=1S/C19H15N3O5S/c1-11-15(18(23)22(2)19(24)16(11)10-20)9-13-5-8-17(27-13)12-3-6-14(7-4-12)28(21,25)26/h3-9H,1-2H3,(H2,21,25,26)/b15-9+. The maximum absolute atomic E-state index is 12.4. The molecular formula is C19H15N3O5S. The van der Waals surface area contributed by atoms with Crippen LogP contribution in [0.2, 0.25) is 0 Å². The molecule has 2 heterocycles. The molecule has 0 saturated heterocycles. The summed E-state index contributed by atoms with van der Waals surface area (Å²) in [6.07, 6.45) is 1.46. The Labute approximate surface area is 161 Å². The molecule has 0 spiro atoms. The van der Waals surface area contributed by atoms with Crippen LogP contribution in [0, 0.1) is 11.3 Å². The Hall–Kier alpha value is -3.48. The number of sulfonamides is 1. The van der Waals surface area contributed by atoms with E-state index in [-0.39, 0.29) is 21.6 Å². The van der Waals surface area contributed by atoms with Crippen molar-refractivity contribution >= 4 is 27.9 Å². The molecule has 2 amide bonds. The lowest BCUT2D eigenvalue weighted by molar-refractivity contribution is -0.138. The highest BCUT2D eigenvalue weighted by Gasteiger charge is 2.33. The number of imide groups is 1. The summed E-state index contributed by atoms with van der Waals surface area (Å²) in [5, 5.41) is 14.3. The van der Waals surface area contributed by atoms with Gasteiger partial charge < -0.3 is 4.42 Å². The molecule has 2 N–H and O–H groups in total. The SMILES string of the molecule is CC1=C(C#N)C(=O)N(C)C(=O)/C1=C/c1ccc(-c2ccc(S(N)(=O)=O)cc2)o1. The molecule has 1 aliphatic heterocycles. The summed E-state index contributed by atoms with van der Waals surface area (Å²) < 4.78 is 28.4. The summed E-state index contributed by atoms with van der Waals surface area (Å²) in [6, 6.07) is 10.9. The van der Waals surface area contributed by atoms with Crippen molar-refractivity contribution in [2.45, 2.75) is 11.8 Å². The van der Waals surface area contributed by atoms with E-state index in [1.54, 1.807) is 24.3 Å². The lowest BCUT2D eigenvalue weighted by atomic mass is 9.95. The van der Waals surface area contributed by atoms with Gasteiger partial charge in [-0.2, -0.15) is 5.26 Å². The fourth-order valence-electron chi connectivity index (χ4n) is 2.73. The van der Waals surface area contributed by atoms with Crippen LogP contribution in [-0.2, 0) is 19.6 Å². The minimum atomic E-state index is -3.79. The van der Waals surface area contributed by atoms with Crippen molar-refractivity contribution in [1.29, 1.82) is 5.26 Å². The molecule has 3 rings (SSSR count). The molecule has 0 unspecified atom stereocenters. The number of benzene rings is 1. The second kappa shape index (κ2) is 6.92. The van der Waals surface area contributed by atoms with Crippen molar-refractivity contribution < 1.29 is 22.4 Å². The normalized spacial score (nSPS) is 16.6. The second-order valence-electron chi connectivity index (χ2n) is 6.11. The third-order valence-electron chi connectivity index (χ3n) is 4.33. The van der Waals surface area contributed by atoms with Crippen molar-refractivity contribution in [1.82, 2.24) is 4.90 Å². The summed E-state index contributed by atoms with van der Waals surface area (Å²) in [5.41, 5.74) is 0.984. The third-order valence-corrected chi connectivity index (χ3v) is 5.25. The Morgan fingerprint density at radius 2 is 1.75 bits per heavy atom. The van der Waals surface area contributed by atoms with Gasteiger partial charge in [0.2, 0.25) is 10.0 Å². The molecule has 0 fully saturated rings. The Morgan fingerprint density at radius 1 is 1.11 bits per heavy atom. The smallest absolute Gasteiger partial charge is 0.271 e. The number of hydrogen-bond acceptors (Lipinski definition) is 6. The summed E-state index contributed by atoms with van der Waals surface area (Å²) >= 11 is 0. The van der Waals surface area contributed by atoms with Gasteiger partial charge in [0.15, 0.2) is 0 Å². The van der Waals surface area contributed by atoms with Gasteiger partial charge >= 0.3 is 0 Å². The summed E-state index contributed by atoms with van der Waals surface area (Å²) in [7, 11) is -2.48. The van der Waals surface area contributed by atoms with Crippen molar-refractivity contribution in [3.63, 3.8) is 0 Å². The summed E-state index contributed by atoms with van der Waals surface area (Å²) in [4.78, 5) is 25.3. The van der Waals surface area contributed by atoms with Crippen LogP contribution in [-0.4, -0.2) is 32.2 Å². The van der Waals surface area contributed by atoms with Crippen molar-refractivity contribution in [2.75, 3.05) is 7.05 Å². The fourth-order valence-corrected chi connectivity index (χ4v) is 3.25. The van der Waals surface area contributed by atoms with E-state index >= 15 is 0 Å². The van der Waals surface area contributed by atoms with Gasteiger partial charge in [-0.25, -0.2) is 13.6 Å². The van der Waals surface area contributed by atoms with Gasteiger partial charge in [-0.3, -0.25) is 14.5 Å². The van der Waals surface area contributed by atoms with Crippen LogP contribution in [0.4, 0.5) is 0 Å². The van der Waals surface area contributed by atoms with E-state index in [2.05, 4.69) is 0 Å². The lowest BCUT2D eigenvalue weighted by Crippen LogP contribution is -2.39. The van der Waals surface area contributed by atoms with E-state index in [1.165, 1.54) is 32.2 Å². The van der Waals surface area contributed by atoms with E-state index in [0.29, 0.717) is 17.1 Å². The molecule has 2 aromatic rings. The van der Waals surface area contributed by atoms with E-state index in [0.717, 1.165) is 4.90 Å². The quantitative estimate of drug-likeness (QED) is 0.620. The van der Waals surface area contributed by atoms with E-state index < -0.39 is 21.8 Å². The van der Waals surface area contributed by atoms with Gasteiger partial charge in [-0.1, -0.05) is 0 Å². The van der Waals surface area contributed by atoms with Crippen LogP contribution in [0.15, 0.2) is 62.4 Å². The number of nitrogens with two attached hydrogens (primary N) is 1. The molecule has 0 bridgehead atoms. The molecule has 1 aromatic heterocycles. The highest BCUT2D eigenvalue weighted by atomic mass is 32.2. The van der Waals surface area contributed by atoms with Crippen LogP contribution in [0.3, 0.4) is 0 Å². The second-order valence-corrected chi connectivity index (χ2v) is 7.67. The van der Waals surface area contributed by atoms with Gasteiger partial charge in [0.25, 0.3) is 11.8 Å². The molecule has 0 saturated carbocycles. The first kappa shape index (κ1) is 19.3. The summed E-state index contributed by atoms with van der Waals surface area (Å²) in [5.74, 6) is -0.384. The van der Waals surface area contributed by atoms with Gasteiger partial charge in [0.05, 0.1) is 4.90 Å². The van der Waals surface area contributed by atoms with E-state index in [9.17, 15) is 23.3 Å². The highest BCUT2D eigenvalue weighted by molar-refractivity contribution is 7.89. The zero-order chi connectivity index (χ0) is 20.6. The number of carbonyl (C=O) groups excluding carboxylic acids is 2. The molecule has 0 atom stereocenters. The number of amides is 2.